The Morgan fingerprint density at radius 1 is 1.19 bits per heavy atom. The number of ether oxygens (including phenoxy) is 1. The van der Waals surface area contributed by atoms with Crippen LogP contribution in [-0.2, 0) is 0 Å². The quantitative estimate of drug-likeness (QED) is 0.795. The molecule has 1 N–H and O–H groups in total. The number of benzene rings is 2. The fourth-order valence-electron chi connectivity index (χ4n) is 3.33. The zero-order valence-corrected chi connectivity index (χ0v) is 15.1. The molecule has 4 nitrogen and oxygen atoms in total. The Kier molecular flexibility index (Phi) is 6.04. The van der Waals surface area contributed by atoms with Crippen molar-refractivity contribution in [3.05, 3.63) is 53.6 Å². The number of hydrogen-bond donors (Lipinski definition) is 1. The molecular formula is C22H24N2O2. The van der Waals surface area contributed by atoms with Gasteiger partial charge in [0.05, 0.1) is 18.2 Å². The first-order valence-electron chi connectivity index (χ1n) is 9.16. The molecule has 0 aromatic heterocycles. The summed E-state index contributed by atoms with van der Waals surface area (Å²) < 4.78 is 5.98. The van der Waals surface area contributed by atoms with Gasteiger partial charge in [0, 0.05) is 5.56 Å². The van der Waals surface area contributed by atoms with Gasteiger partial charge in [-0.1, -0.05) is 12.1 Å². The smallest absolute Gasteiger partial charge is 0.159 e. The van der Waals surface area contributed by atoms with Crippen molar-refractivity contribution in [3.63, 3.8) is 0 Å². The summed E-state index contributed by atoms with van der Waals surface area (Å²) in [4.78, 5) is 11.9. The van der Waals surface area contributed by atoms with Crippen molar-refractivity contribution in [2.24, 2.45) is 5.92 Å². The van der Waals surface area contributed by atoms with Gasteiger partial charge in [0.2, 0.25) is 0 Å². The van der Waals surface area contributed by atoms with E-state index in [2.05, 4.69) is 11.4 Å². The average molecular weight is 348 g/mol. The minimum Gasteiger partial charge on any atom is -0.494 e. The molecule has 26 heavy (non-hydrogen) atoms. The fraction of sp³-hybridized carbons (Fsp3) is 0.364. The van der Waals surface area contributed by atoms with Crippen LogP contribution >= 0.6 is 0 Å². The van der Waals surface area contributed by atoms with Gasteiger partial charge in [-0.05, 0) is 86.7 Å². The molecule has 1 aliphatic heterocycles. The zero-order valence-electron chi connectivity index (χ0n) is 15.1. The van der Waals surface area contributed by atoms with Crippen molar-refractivity contribution in [1.29, 1.82) is 5.26 Å². The Morgan fingerprint density at radius 3 is 2.73 bits per heavy atom. The number of rotatable bonds is 6. The van der Waals surface area contributed by atoms with Gasteiger partial charge in [0.15, 0.2) is 5.78 Å². The number of nitrogens with zero attached hydrogens (tertiary/aromatic N) is 1. The summed E-state index contributed by atoms with van der Waals surface area (Å²) >= 11 is 0. The van der Waals surface area contributed by atoms with Crippen molar-refractivity contribution >= 4 is 5.78 Å². The second kappa shape index (κ2) is 8.64. The maximum atomic E-state index is 11.9. The fourth-order valence-corrected chi connectivity index (χ4v) is 3.33. The maximum absolute atomic E-state index is 11.9. The molecule has 2 aromatic rings. The lowest BCUT2D eigenvalue weighted by atomic mass is 9.95. The maximum Gasteiger partial charge on any atom is 0.159 e. The standard InChI is InChI=1S/C22H24N2O2/c1-16(25)20-12-21(19-4-2-3-18(11-19)15-23)14-22(13-20)26-10-7-17-5-8-24-9-6-17/h2-4,11-14,17,24H,5-10H2,1H3. The van der Waals surface area contributed by atoms with Crippen LogP contribution in [0.25, 0.3) is 11.1 Å². The third-order valence-corrected chi connectivity index (χ3v) is 4.89. The highest BCUT2D eigenvalue weighted by molar-refractivity contribution is 5.96. The SMILES string of the molecule is CC(=O)c1cc(OCCC2CCNCC2)cc(-c2cccc(C#N)c2)c1. The largest absolute Gasteiger partial charge is 0.494 e. The Hall–Kier alpha value is -2.64. The van der Waals surface area contributed by atoms with E-state index in [-0.39, 0.29) is 5.78 Å². The third kappa shape index (κ3) is 4.71. The molecular weight excluding hydrogens is 324 g/mol. The van der Waals surface area contributed by atoms with Crippen LogP contribution in [0.2, 0.25) is 0 Å². The minimum atomic E-state index is 0.00601. The lowest BCUT2D eigenvalue weighted by Crippen LogP contribution is -2.28. The first kappa shape index (κ1) is 18.2. The molecule has 1 heterocycles. The van der Waals surface area contributed by atoms with E-state index in [9.17, 15) is 4.79 Å². The van der Waals surface area contributed by atoms with E-state index in [1.54, 1.807) is 13.0 Å². The Balaban J connectivity index is 1.77. The second-order valence-corrected chi connectivity index (χ2v) is 6.83. The molecule has 2 aromatic carbocycles. The van der Waals surface area contributed by atoms with Crippen LogP contribution in [0.15, 0.2) is 42.5 Å². The van der Waals surface area contributed by atoms with E-state index in [4.69, 9.17) is 10.00 Å². The molecule has 3 rings (SSSR count). The van der Waals surface area contributed by atoms with Crippen molar-refractivity contribution in [3.8, 4) is 22.9 Å². The molecule has 0 bridgehead atoms. The summed E-state index contributed by atoms with van der Waals surface area (Å²) in [6.07, 6.45) is 3.43. The number of Topliss-reactive ketones (excluding diaryl/α,β-unsaturated/α-hetero) is 1. The molecule has 4 heteroatoms. The van der Waals surface area contributed by atoms with Gasteiger partial charge in [-0.25, -0.2) is 0 Å². The molecule has 0 amide bonds. The summed E-state index contributed by atoms with van der Waals surface area (Å²) in [7, 11) is 0. The van der Waals surface area contributed by atoms with Crippen molar-refractivity contribution in [2.75, 3.05) is 19.7 Å². The highest BCUT2D eigenvalue weighted by Gasteiger charge is 2.13. The number of hydrogen-bond acceptors (Lipinski definition) is 4. The predicted molar refractivity (Wildman–Crippen MR) is 102 cm³/mol. The van der Waals surface area contributed by atoms with Crippen LogP contribution in [0.4, 0.5) is 0 Å². The summed E-state index contributed by atoms with van der Waals surface area (Å²) in [5, 5.41) is 12.5. The molecule has 0 saturated carbocycles. The number of nitrogens with one attached hydrogen (secondary N) is 1. The van der Waals surface area contributed by atoms with E-state index >= 15 is 0 Å². The van der Waals surface area contributed by atoms with Crippen molar-refractivity contribution in [2.45, 2.75) is 26.2 Å². The molecule has 1 fully saturated rings. The number of ketones is 1. The van der Waals surface area contributed by atoms with Gasteiger partial charge in [-0.15, -0.1) is 0 Å². The number of piperidine rings is 1. The van der Waals surface area contributed by atoms with Crippen LogP contribution in [0, 0.1) is 17.2 Å². The van der Waals surface area contributed by atoms with Crippen LogP contribution in [0.3, 0.4) is 0 Å². The zero-order chi connectivity index (χ0) is 18.4. The second-order valence-electron chi connectivity index (χ2n) is 6.83. The van der Waals surface area contributed by atoms with Crippen LogP contribution < -0.4 is 10.1 Å². The molecule has 134 valence electrons. The van der Waals surface area contributed by atoms with E-state index in [1.165, 1.54) is 12.8 Å². The molecule has 0 spiro atoms. The summed E-state index contributed by atoms with van der Waals surface area (Å²) in [5.74, 6) is 1.43. The number of nitriles is 1. The lowest BCUT2D eigenvalue weighted by Gasteiger charge is -2.22. The van der Waals surface area contributed by atoms with E-state index in [1.807, 2.05) is 36.4 Å². The van der Waals surface area contributed by atoms with Crippen LogP contribution in [0.1, 0.15) is 42.1 Å². The highest BCUT2D eigenvalue weighted by Crippen LogP contribution is 2.28. The Morgan fingerprint density at radius 2 is 2.00 bits per heavy atom. The molecule has 0 atom stereocenters. The number of carbonyl (C=O) groups excluding carboxylic acids is 1. The van der Waals surface area contributed by atoms with Crippen molar-refractivity contribution < 1.29 is 9.53 Å². The summed E-state index contributed by atoms with van der Waals surface area (Å²) in [6.45, 7) is 4.39. The minimum absolute atomic E-state index is 0.00601. The highest BCUT2D eigenvalue weighted by atomic mass is 16.5. The lowest BCUT2D eigenvalue weighted by molar-refractivity contribution is 0.101. The monoisotopic (exact) mass is 348 g/mol. The van der Waals surface area contributed by atoms with Gasteiger partial charge in [-0.3, -0.25) is 4.79 Å². The predicted octanol–water partition coefficient (Wildman–Crippen LogP) is 4.20. The Labute approximate surface area is 154 Å². The van der Waals surface area contributed by atoms with Crippen molar-refractivity contribution in [1.82, 2.24) is 5.32 Å². The Bertz CT molecular complexity index is 817. The third-order valence-electron chi connectivity index (χ3n) is 4.89. The van der Waals surface area contributed by atoms with Gasteiger partial charge < -0.3 is 10.1 Å². The number of carbonyl (C=O) groups is 1. The normalized spacial score (nSPS) is 14.6. The average Bonchev–Trinajstić information content (AvgIpc) is 2.68. The molecule has 0 radical (unpaired) electrons. The van der Waals surface area contributed by atoms with E-state index in [0.717, 1.165) is 30.6 Å². The van der Waals surface area contributed by atoms with E-state index in [0.29, 0.717) is 29.4 Å². The van der Waals surface area contributed by atoms with Gasteiger partial charge in [0.1, 0.15) is 5.75 Å². The molecule has 0 unspecified atom stereocenters. The first-order valence-corrected chi connectivity index (χ1v) is 9.16. The van der Waals surface area contributed by atoms with Crippen LogP contribution in [-0.4, -0.2) is 25.5 Å². The topological polar surface area (TPSA) is 62.1 Å². The van der Waals surface area contributed by atoms with Gasteiger partial charge >= 0.3 is 0 Å². The molecule has 0 aliphatic carbocycles. The van der Waals surface area contributed by atoms with Gasteiger partial charge in [0.25, 0.3) is 0 Å². The molecule has 1 aliphatic rings. The molecule has 1 saturated heterocycles. The van der Waals surface area contributed by atoms with Crippen LogP contribution in [0.5, 0.6) is 5.75 Å². The summed E-state index contributed by atoms with van der Waals surface area (Å²) in [6, 6.07) is 15.2. The summed E-state index contributed by atoms with van der Waals surface area (Å²) in [5.41, 5.74) is 3.04. The van der Waals surface area contributed by atoms with E-state index < -0.39 is 0 Å². The van der Waals surface area contributed by atoms with Gasteiger partial charge in [-0.2, -0.15) is 5.26 Å². The first-order chi connectivity index (χ1) is 12.7.